The van der Waals surface area contributed by atoms with Crippen LogP contribution in [0.2, 0.25) is 0 Å². The van der Waals surface area contributed by atoms with E-state index >= 15 is 0 Å². The van der Waals surface area contributed by atoms with Crippen LogP contribution in [0.3, 0.4) is 0 Å². The van der Waals surface area contributed by atoms with Gasteiger partial charge in [0, 0.05) is 64.6 Å². The van der Waals surface area contributed by atoms with Crippen molar-refractivity contribution in [2.45, 2.75) is 85.3 Å². The molecular formula is C32H54N6O6. The molecule has 12 heteroatoms. The van der Waals surface area contributed by atoms with Crippen molar-refractivity contribution in [2.75, 3.05) is 71.5 Å². The Morgan fingerprint density at radius 1 is 1.09 bits per heavy atom. The third-order valence-electron chi connectivity index (χ3n) is 7.52. The van der Waals surface area contributed by atoms with Gasteiger partial charge in [-0.25, -0.2) is 14.8 Å². The van der Waals surface area contributed by atoms with Gasteiger partial charge in [-0.15, -0.1) is 0 Å². The molecule has 2 saturated heterocycles. The maximum absolute atomic E-state index is 14.5. The van der Waals surface area contributed by atoms with Crippen molar-refractivity contribution in [1.29, 1.82) is 0 Å². The Morgan fingerprint density at radius 2 is 1.77 bits per heavy atom. The quantitative estimate of drug-likeness (QED) is 0.390. The molecule has 1 aromatic rings. The van der Waals surface area contributed by atoms with Gasteiger partial charge in [0.2, 0.25) is 5.91 Å². The maximum atomic E-state index is 14.5. The van der Waals surface area contributed by atoms with Crippen molar-refractivity contribution in [3.8, 4) is 0 Å². The lowest BCUT2D eigenvalue weighted by atomic mass is 9.91. The van der Waals surface area contributed by atoms with Crippen LogP contribution in [-0.4, -0.2) is 120 Å². The molecule has 3 rings (SSSR count). The van der Waals surface area contributed by atoms with E-state index in [2.05, 4.69) is 10.3 Å². The van der Waals surface area contributed by atoms with Gasteiger partial charge in [-0.2, -0.15) is 0 Å². The average molecular weight is 619 g/mol. The van der Waals surface area contributed by atoms with Gasteiger partial charge in [0.25, 0.3) is 5.91 Å². The molecule has 2 aliphatic heterocycles. The van der Waals surface area contributed by atoms with Gasteiger partial charge in [-0.1, -0.05) is 34.6 Å². The minimum absolute atomic E-state index is 0.0260. The minimum atomic E-state index is -0.698. The van der Waals surface area contributed by atoms with Crippen LogP contribution in [0.15, 0.2) is 6.20 Å². The topological polar surface area (TPSA) is 126 Å². The summed E-state index contributed by atoms with van der Waals surface area (Å²) in [5, 5.41) is 3.34. The van der Waals surface area contributed by atoms with Gasteiger partial charge >= 0.3 is 6.09 Å². The number of hydrogen-bond acceptors (Lipinski definition) is 9. The summed E-state index contributed by atoms with van der Waals surface area (Å²) in [4.78, 5) is 56.1. The SMILES string of the molecule is COCCCNc1nc(C(C)(C)C)ncc1C(=O)N(CC(C)C)[C@H]1C[C@H](C(=O)N2CCOCC2)CN(C(=O)OC(C)(C)C)C1. The van der Waals surface area contributed by atoms with Crippen molar-refractivity contribution in [2.24, 2.45) is 11.8 Å². The number of hydrogen-bond donors (Lipinski definition) is 1. The molecule has 3 amide bonds. The fraction of sp³-hybridized carbons (Fsp3) is 0.781. The predicted octanol–water partition coefficient (Wildman–Crippen LogP) is 3.81. The van der Waals surface area contributed by atoms with Crippen LogP contribution >= 0.6 is 0 Å². The Morgan fingerprint density at radius 3 is 2.36 bits per heavy atom. The van der Waals surface area contributed by atoms with E-state index in [4.69, 9.17) is 19.2 Å². The summed E-state index contributed by atoms with van der Waals surface area (Å²) in [7, 11) is 1.66. The highest BCUT2D eigenvalue weighted by Gasteiger charge is 2.41. The molecule has 44 heavy (non-hydrogen) atoms. The zero-order valence-corrected chi connectivity index (χ0v) is 28.3. The number of carbonyl (C=O) groups is 3. The fourth-order valence-electron chi connectivity index (χ4n) is 5.40. The second-order valence-corrected chi connectivity index (χ2v) is 14.2. The van der Waals surface area contributed by atoms with Crippen LogP contribution < -0.4 is 5.32 Å². The van der Waals surface area contributed by atoms with Gasteiger partial charge in [-0.3, -0.25) is 9.59 Å². The Balaban J connectivity index is 1.99. The zero-order chi connectivity index (χ0) is 32.7. The molecule has 0 unspecified atom stereocenters. The third kappa shape index (κ3) is 10.0. The van der Waals surface area contributed by atoms with Gasteiger partial charge in [0.1, 0.15) is 22.8 Å². The fourth-order valence-corrected chi connectivity index (χ4v) is 5.40. The monoisotopic (exact) mass is 618 g/mol. The van der Waals surface area contributed by atoms with Gasteiger partial charge in [-0.05, 0) is 39.5 Å². The molecule has 0 saturated carbocycles. The van der Waals surface area contributed by atoms with E-state index in [1.165, 1.54) is 0 Å². The molecule has 0 bridgehead atoms. The first kappa shape index (κ1) is 35.5. The molecule has 248 valence electrons. The average Bonchev–Trinajstić information content (AvgIpc) is 2.96. The van der Waals surface area contributed by atoms with Crippen molar-refractivity contribution < 1.29 is 28.6 Å². The van der Waals surface area contributed by atoms with Crippen LogP contribution in [0, 0.1) is 11.8 Å². The first-order valence-corrected chi connectivity index (χ1v) is 15.9. The van der Waals surface area contributed by atoms with Crippen LogP contribution in [0.25, 0.3) is 0 Å². The highest BCUT2D eigenvalue weighted by atomic mass is 16.6. The normalized spacial score (nSPS) is 19.6. The second-order valence-electron chi connectivity index (χ2n) is 14.2. The molecule has 0 aliphatic carbocycles. The lowest BCUT2D eigenvalue weighted by Gasteiger charge is -2.44. The highest BCUT2D eigenvalue weighted by molar-refractivity contribution is 5.98. The number of morpholine rings is 1. The summed E-state index contributed by atoms with van der Waals surface area (Å²) in [6.45, 7) is 19.7. The summed E-state index contributed by atoms with van der Waals surface area (Å²) in [6, 6.07) is -0.412. The third-order valence-corrected chi connectivity index (χ3v) is 7.52. The molecule has 2 fully saturated rings. The lowest BCUT2D eigenvalue weighted by Crippen LogP contribution is -2.58. The number of likely N-dealkylation sites (tertiary alicyclic amines) is 1. The Bertz CT molecular complexity index is 1130. The number of amides is 3. The van der Waals surface area contributed by atoms with Gasteiger partial charge < -0.3 is 34.2 Å². The van der Waals surface area contributed by atoms with E-state index in [0.717, 1.165) is 6.42 Å². The molecule has 2 atom stereocenters. The van der Waals surface area contributed by atoms with E-state index in [-0.39, 0.29) is 36.2 Å². The van der Waals surface area contributed by atoms with E-state index in [1.54, 1.807) is 28.0 Å². The van der Waals surface area contributed by atoms with Crippen molar-refractivity contribution in [3.05, 3.63) is 17.6 Å². The summed E-state index contributed by atoms with van der Waals surface area (Å²) in [5.41, 5.74) is -0.648. The first-order chi connectivity index (χ1) is 20.6. The number of carbonyl (C=O) groups excluding carboxylic acids is 3. The molecule has 12 nitrogen and oxygen atoms in total. The number of nitrogens with one attached hydrogen (secondary N) is 1. The Labute approximate surface area is 263 Å². The van der Waals surface area contributed by atoms with E-state index in [1.807, 2.05) is 55.4 Å². The summed E-state index contributed by atoms with van der Waals surface area (Å²) in [6.07, 6.45) is 2.29. The van der Waals surface area contributed by atoms with E-state index < -0.39 is 23.7 Å². The Kier molecular flexibility index (Phi) is 12.4. The van der Waals surface area contributed by atoms with Crippen LogP contribution in [-0.2, 0) is 24.4 Å². The molecule has 2 aliphatic rings. The summed E-state index contributed by atoms with van der Waals surface area (Å²) in [5.74, 6) is 0.498. The van der Waals surface area contributed by atoms with Crippen molar-refractivity contribution in [1.82, 2.24) is 24.7 Å². The number of nitrogens with zero attached hydrogens (tertiary/aromatic N) is 5. The largest absolute Gasteiger partial charge is 0.444 e. The molecule has 3 heterocycles. The number of rotatable bonds is 10. The maximum Gasteiger partial charge on any atom is 0.410 e. The molecule has 1 N–H and O–H groups in total. The van der Waals surface area contributed by atoms with Crippen molar-refractivity contribution in [3.63, 3.8) is 0 Å². The number of aromatic nitrogens is 2. The number of methoxy groups -OCH3 is 1. The van der Waals surface area contributed by atoms with Crippen LogP contribution in [0.4, 0.5) is 10.6 Å². The zero-order valence-electron chi connectivity index (χ0n) is 28.3. The predicted molar refractivity (Wildman–Crippen MR) is 169 cm³/mol. The molecule has 0 aromatic carbocycles. The smallest absolute Gasteiger partial charge is 0.410 e. The van der Waals surface area contributed by atoms with Gasteiger partial charge in [0.15, 0.2) is 0 Å². The van der Waals surface area contributed by atoms with E-state index in [0.29, 0.717) is 69.6 Å². The first-order valence-electron chi connectivity index (χ1n) is 15.9. The number of anilines is 1. The molecule has 1 aromatic heterocycles. The standard InChI is InChI=1S/C32H54N6O6/c1-22(2)19-38(28(40)25-18-34-29(31(3,4)5)35-26(25)33-11-10-14-42-9)24-17-23(27(39)36-12-15-43-16-13-36)20-37(21-24)30(41)44-32(6,7)8/h18,22-24H,10-17,19-21H2,1-9H3,(H,33,34,35)/t23-,24-/m0/s1. The van der Waals surface area contributed by atoms with Crippen molar-refractivity contribution >= 4 is 23.7 Å². The second kappa shape index (κ2) is 15.3. The van der Waals surface area contributed by atoms with E-state index in [9.17, 15) is 14.4 Å². The Hall–Kier alpha value is -2.99. The minimum Gasteiger partial charge on any atom is -0.444 e. The molecule has 0 radical (unpaired) electrons. The summed E-state index contributed by atoms with van der Waals surface area (Å²) < 4.78 is 16.4. The lowest BCUT2D eigenvalue weighted by molar-refractivity contribution is -0.142. The van der Waals surface area contributed by atoms with Gasteiger partial charge in [0.05, 0.1) is 25.2 Å². The molecule has 0 spiro atoms. The van der Waals surface area contributed by atoms with Crippen LogP contribution in [0.1, 0.15) is 84.4 Å². The molecular weight excluding hydrogens is 564 g/mol. The highest BCUT2D eigenvalue weighted by Crippen LogP contribution is 2.29. The summed E-state index contributed by atoms with van der Waals surface area (Å²) >= 11 is 0. The number of ether oxygens (including phenoxy) is 3. The number of piperidine rings is 1. The van der Waals surface area contributed by atoms with Crippen LogP contribution in [0.5, 0.6) is 0 Å².